The van der Waals surface area contributed by atoms with E-state index in [0.717, 1.165) is 18.7 Å². The van der Waals surface area contributed by atoms with Gasteiger partial charge in [0.15, 0.2) is 0 Å². The molecule has 0 fully saturated rings. The summed E-state index contributed by atoms with van der Waals surface area (Å²) < 4.78 is 5.60. The lowest BCUT2D eigenvalue weighted by Crippen LogP contribution is -2.48. The van der Waals surface area contributed by atoms with E-state index in [0.29, 0.717) is 13.2 Å². The maximum absolute atomic E-state index is 9.95. The first-order valence-corrected chi connectivity index (χ1v) is 7.63. The Balaban J connectivity index is 2.26. The molecule has 0 saturated heterocycles. The molecule has 0 amide bonds. The third-order valence-electron chi connectivity index (χ3n) is 3.92. The number of aliphatic hydroxyl groups is 1. The van der Waals surface area contributed by atoms with E-state index in [4.69, 9.17) is 4.74 Å². The van der Waals surface area contributed by atoms with E-state index >= 15 is 0 Å². The predicted molar refractivity (Wildman–Crippen MR) is 88.0 cm³/mol. The smallest absolute Gasteiger partial charge is 0.119 e. The third kappa shape index (κ3) is 6.46. The first-order chi connectivity index (χ1) is 9.85. The highest BCUT2D eigenvalue weighted by Crippen LogP contribution is 2.12. The normalized spacial score (nSPS) is 13.5. The van der Waals surface area contributed by atoms with Crippen LogP contribution in [0.15, 0.2) is 24.3 Å². The van der Waals surface area contributed by atoms with Crippen LogP contribution in [0.3, 0.4) is 0 Å². The van der Waals surface area contributed by atoms with Crippen LogP contribution in [-0.2, 0) is 6.42 Å². The van der Waals surface area contributed by atoms with Crippen molar-refractivity contribution in [2.45, 2.75) is 38.8 Å². The van der Waals surface area contributed by atoms with Crippen LogP contribution < -0.4 is 10.1 Å². The van der Waals surface area contributed by atoms with Crippen LogP contribution >= 0.6 is 0 Å². The third-order valence-corrected chi connectivity index (χ3v) is 3.92. The highest BCUT2D eigenvalue weighted by Gasteiger charge is 2.20. The summed E-state index contributed by atoms with van der Waals surface area (Å²) in [4.78, 5) is 2.16. The molecule has 0 heterocycles. The number of aryl methyl sites for hydroxylation is 1. The minimum atomic E-state index is -0.506. The number of aliphatic hydroxyl groups excluding tert-OH is 1. The van der Waals surface area contributed by atoms with Gasteiger partial charge in [-0.05, 0) is 52.1 Å². The lowest BCUT2D eigenvalue weighted by Gasteiger charge is -2.33. The van der Waals surface area contributed by atoms with Crippen LogP contribution in [0.4, 0.5) is 0 Å². The lowest BCUT2D eigenvalue weighted by molar-refractivity contribution is 0.100. The molecule has 1 aromatic carbocycles. The summed E-state index contributed by atoms with van der Waals surface area (Å²) in [5.74, 6) is 0.805. The van der Waals surface area contributed by atoms with Gasteiger partial charge in [-0.2, -0.15) is 0 Å². The molecule has 1 unspecified atom stereocenters. The fraction of sp³-hybridized carbons (Fsp3) is 0.647. The number of nitrogens with zero attached hydrogens (tertiary/aromatic N) is 1. The second-order valence-corrected chi connectivity index (χ2v) is 6.30. The molecular weight excluding hydrogens is 264 g/mol. The first-order valence-electron chi connectivity index (χ1n) is 7.63. The zero-order valence-electron chi connectivity index (χ0n) is 14.0. The van der Waals surface area contributed by atoms with Crippen molar-refractivity contribution < 1.29 is 9.84 Å². The van der Waals surface area contributed by atoms with Crippen molar-refractivity contribution in [1.29, 1.82) is 0 Å². The highest BCUT2D eigenvalue weighted by atomic mass is 16.5. The summed E-state index contributed by atoms with van der Waals surface area (Å²) in [6.07, 6.45) is 0.517. The molecular formula is C17H30N2O2. The highest BCUT2D eigenvalue weighted by molar-refractivity contribution is 5.27. The number of benzene rings is 1. The molecule has 0 aliphatic heterocycles. The van der Waals surface area contributed by atoms with Gasteiger partial charge in [0.25, 0.3) is 0 Å². The van der Waals surface area contributed by atoms with Crippen molar-refractivity contribution in [1.82, 2.24) is 10.2 Å². The Morgan fingerprint density at radius 3 is 2.38 bits per heavy atom. The standard InChI is InChI=1S/C17H30N2O2/c1-6-14-7-9-16(10-8-14)21-12-15(20)11-18-13-17(2,3)19(4)5/h7-10,15,18,20H,6,11-13H2,1-5H3. The van der Waals surface area contributed by atoms with Crippen molar-refractivity contribution in [2.24, 2.45) is 0 Å². The number of hydrogen-bond acceptors (Lipinski definition) is 4. The summed E-state index contributed by atoms with van der Waals surface area (Å²) in [6, 6.07) is 8.02. The summed E-state index contributed by atoms with van der Waals surface area (Å²) in [6.45, 7) is 8.12. The van der Waals surface area contributed by atoms with Gasteiger partial charge in [0.1, 0.15) is 18.5 Å². The molecule has 1 atom stereocenters. The number of hydrogen-bond donors (Lipinski definition) is 2. The van der Waals surface area contributed by atoms with Gasteiger partial charge in [-0.15, -0.1) is 0 Å². The average Bonchev–Trinajstić information content (AvgIpc) is 2.45. The summed E-state index contributed by atoms with van der Waals surface area (Å²) in [5, 5.41) is 13.2. The molecule has 21 heavy (non-hydrogen) atoms. The van der Waals surface area contributed by atoms with Gasteiger partial charge in [-0.1, -0.05) is 19.1 Å². The fourth-order valence-corrected chi connectivity index (χ4v) is 1.78. The molecule has 1 aromatic rings. The van der Waals surface area contributed by atoms with Gasteiger partial charge in [-0.3, -0.25) is 0 Å². The molecule has 0 aliphatic rings. The number of rotatable bonds is 9. The zero-order chi connectivity index (χ0) is 15.9. The van der Waals surface area contributed by atoms with Crippen LogP contribution in [0.2, 0.25) is 0 Å². The molecule has 0 saturated carbocycles. The number of likely N-dealkylation sites (N-methyl/N-ethyl adjacent to an activating group) is 1. The fourth-order valence-electron chi connectivity index (χ4n) is 1.78. The molecule has 2 N–H and O–H groups in total. The van der Waals surface area contributed by atoms with Crippen molar-refractivity contribution in [3.8, 4) is 5.75 Å². The van der Waals surface area contributed by atoms with Gasteiger partial charge in [0, 0.05) is 18.6 Å². The Morgan fingerprint density at radius 2 is 1.86 bits per heavy atom. The second-order valence-electron chi connectivity index (χ2n) is 6.30. The average molecular weight is 294 g/mol. The van der Waals surface area contributed by atoms with E-state index in [1.54, 1.807) is 0 Å². The van der Waals surface area contributed by atoms with E-state index in [1.807, 2.05) is 12.1 Å². The summed E-state index contributed by atoms with van der Waals surface area (Å²) in [7, 11) is 4.11. The Bertz CT molecular complexity index is 402. The van der Waals surface area contributed by atoms with E-state index in [2.05, 4.69) is 57.2 Å². The summed E-state index contributed by atoms with van der Waals surface area (Å²) >= 11 is 0. The SMILES string of the molecule is CCc1ccc(OCC(O)CNCC(C)(C)N(C)C)cc1. The molecule has 0 radical (unpaired) electrons. The monoisotopic (exact) mass is 294 g/mol. The molecule has 0 bridgehead atoms. The van der Waals surface area contributed by atoms with Crippen LogP contribution in [0.5, 0.6) is 5.75 Å². The van der Waals surface area contributed by atoms with E-state index < -0.39 is 6.10 Å². The molecule has 0 aliphatic carbocycles. The molecule has 0 aromatic heterocycles. The van der Waals surface area contributed by atoms with E-state index in [1.165, 1.54) is 5.56 Å². The van der Waals surface area contributed by atoms with Crippen molar-refractivity contribution >= 4 is 0 Å². The Hall–Kier alpha value is -1.10. The maximum Gasteiger partial charge on any atom is 0.119 e. The largest absolute Gasteiger partial charge is 0.491 e. The first kappa shape index (κ1) is 18.0. The minimum absolute atomic E-state index is 0.0660. The molecule has 120 valence electrons. The molecule has 4 heteroatoms. The quantitative estimate of drug-likeness (QED) is 0.730. The van der Waals surface area contributed by atoms with Crippen LogP contribution in [0, 0.1) is 0 Å². The van der Waals surface area contributed by atoms with Crippen LogP contribution in [0.1, 0.15) is 26.3 Å². The maximum atomic E-state index is 9.95. The zero-order valence-corrected chi connectivity index (χ0v) is 14.0. The van der Waals surface area contributed by atoms with Crippen LogP contribution in [-0.4, -0.2) is 55.4 Å². The van der Waals surface area contributed by atoms with Gasteiger partial charge < -0.3 is 20.1 Å². The number of nitrogens with one attached hydrogen (secondary N) is 1. The minimum Gasteiger partial charge on any atom is -0.491 e. The summed E-state index contributed by atoms with van der Waals surface area (Å²) in [5.41, 5.74) is 1.35. The van der Waals surface area contributed by atoms with Crippen LogP contribution in [0.25, 0.3) is 0 Å². The topological polar surface area (TPSA) is 44.7 Å². The van der Waals surface area contributed by atoms with E-state index in [9.17, 15) is 5.11 Å². The number of ether oxygens (including phenoxy) is 1. The predicted octanol–water partition coefficient (Wildman–Crippen LogP) is 1.92. The van der Waals surface area contributed by atoms with Crippen molar-refractivity contribution in [2.75, 3.05) is 33.8 Å². The Morgan fingerprint density at radius 1 is 1.24 bits per heavy atom. The molecule has 1 rings (SSSR count). The van der Waals surface area contributed by atoms with Crippen molar-refractivity contribution in [3.05, 3.63) is 29.8 Å². The second kappa shape index (κ2) is 8.37. The van der Waals surface area contributed by atoms with Crippen molar-refractivity contribution in [3.63, 3.8) is 0 Å². The lowest BCUT2D eigenvalue weighted by atomic mass is 10.0. The van der Waals surface area contributed by atoms with E-state index in [-0.39, 0.29) is 5.54 Å². The Labute approximate surface area is 129 Å². The van der Waals surface area contributed by atoms with Gasteiger partial charge in [0.2, 0.25) is 0 Å². The molecule has 4 nitrogen and oxygen atoms in total. The van der Waals surface area contributed by atoms with Gasteiger partial charge in [-0.25, -0.2) is 0 Å². The van der Waals surface area contributed by atoms with Gasteiger partial charge in [0.05, 0.1) is 0 Å². The Kier molecular flexibility index (Phi) is 7.15. The molecule has 0 spiro atoms. The van der Waals surface area contributed by atoms with Gasteiger partial charge >= 0.3 is 0 Å².